The zero-order valence-electron chi connectivity index (χ0n) is 19.7. The van der Waals surface area contributed by atoms with Crippen LogP contribution in [0.2, 0.25) is 0 Å². The molecule has 184 valence electrons. The second-order valence-electron chi connectivity index (χ2n) is 8.71. The Morgan fingerprint density at radius 3 is 2.35 bits per heavy atom. The zero-order valence-corrected chi connectivity index (χ0v) is 19.7. The molecule has 2 fully saturated rings. The minimum Gasteiger partial charge on any atom is -0.493 e. The van der Waals surface area contributed by atoms with Crippen molar-refractivity contribution in [3.63, 3.8) is 0 Å². The molecule has 0 unspecified atom stereocenters. The maximum absolute atomic E-state index is 13.6. The highest BCUT2D eigenvalue weighted by atomic mass is 16.5. The van der Waals surface area contributed by atoms with Gasteiger partial charge < -0.3 is 29.0 Å². The predicted octanol–water partition coefficient (Wildman–Crippen LogP) is 0.893. The van der Waals surface area contributed by atoms with Gasteiger partial charge in [-0.3, -0.25) is 14.4 Å². The number of ether oxygens (including phenoxy) is 4. The molecule has 1 saturated heterocycles. The normalized spacial score (nSPS) is 29.6. The van der Waals surface area contributed by atoms with Crippen LogP contribution in [0.5, 0.6) is 11.5 Å². The molecule has 1 aromatic carbocycles. The summed E-state index contributed by atoms with van der Waals surface area (Å²) in [7, 11) is 2.94. The predicted molar refractivity (Wildman–Crippen MR) is 116 cm³/mol. The van der Waals surface area contributed by atoms with Gasteiger partial charge in [-0.25, -0.2) is 4.79 Å². The molecule has 0 radical (unpaired) electrons. The first-order valence-electron chi connectivity index (χ1n) is 11.4. The Morgan fingerprint density at radius 1 is 1.09 bits per heavy atom. The number of benzene rings is 1. The first-order chi connectivity index (χ1) is 16.2. The smallest absolute Gasteiger partial charge is 0.329 e. The van der Waals surface area contributed by atoms with Crippen LogP contribution in [-0.4, -0.2) is 73.2 Å². The van der Waals surface area contributed by atoms with Gasteiger partial charge in [0.1, 0.15) is 17.2 Å². The van der Waals surface area contributed by atoms with Gasteiger partial charge >= 0.3 is 11.9 Å². The first kappa shape index (κ1) is 24.0. The van der Waals surface area contributed by atoms with E-state index in [1.807, 2.05) is 0 Å². The molecule has 1 aromatic rings. The van der Waals surface area contributed by atoms with E-state index in [1.165, 1.54) is 19.1 Å². The molecule has 4 atom stereocenters. The topological polar surface area (TPSA) is 129 Å². The van der Waals surface area contributed by atoms with Crippen LogP contribution in [0.1, 0.15) is 44.2 Å². The van der Waals surface area contributed by atoms with Crippen LogP contribution < -0.4 is 9.47 Å². The molecule has 34 heavy (non-hydrogen) atoms. The second-order valence-corrected chi connectivity index (χ2v) is 8.71. The molecule has 2 heterocycles. The molecule has 10 heteroatoms. The molecule has 1 amide bonds. The van der Waals surface area contributed by atoms with Gasteiger partial charge in [-0.05, 0) is 43.5 Å². The number of fused-ring (bicyclic) bond motifs is 1. The third-order valence-electron chi connectivity index (χ3n) is 7.31. The zero-order chi connectivity index (χ0) is 24.8. The number of carbonyl (C=O) groups excluding carboxylic acids is 4. The van der Waals surface area contributed by atoms with Crippen LogP contribution in [0, 0.1) is 5.41 Å². The summed E-state index contributed by atoms with van der Waals surface area (Å²) < 4.78 is 21.6. The molecule has 1 saturated carbocycles. The van der Waals surface area contributed by atoms with E-state index in [4.69, 9.17) is 18.9 Å². The van der Waals surface area contributed by atoms with Crippen molar-refractivity contribution in [2.45, 2.75) is 57.2 Å². The Balaban J connectivity index is 2.08. The monoisotopic (exact) mass is 475 g/mol. The van der Waals surface area contributed by atoms with Crippen LogP contribution in [0.4, 0.5) is 0 Å². The largest absolute Gasteiger partial charge is 0.493 e. The fourth-order valence-corrected chi connectivity index (χ4v) is 6.02. The highest BCUT2D eigenvalue weighted by molar-refractivity contribution is 6.03. The van der Waals surface area contributed by atoms with Crippen molar-refractivity contribution in [2.24, 2.45) is 5.41 Å². The van der Waals surface area contributed by atoms with E-state index < -0.39 is 47.4 Å². The lowest BCUT2D eigenvalue weighted by molar-refractivity contribution is -0.180. The number of amides is 1. The molecule has 10 nitrogen and oxygen atoms in total. The number of hydrogen-bond acceptors (Lipinski definition) is 9. The van der Waals surface area contributed by atoms with Gasteiger partial charge in [-0.2, -0.15) is 0 Å². The van der Waals surface area contributed by atoms with Crippen molar-refractivity contribution in [2.75, 3.05) is 27.4 Å². The van der Waals surface area contributed by atoms with E-state index in [9.17, 15) is 24.3 Å². The Kier molecular flexibility index (Phi) is 6.05. The lowest BCUT2D eigenvalue weighted by Gasteiger charge is -2.55. The van der Waals surface area contributed by atoms with Crippen molar-refractivity contribution in [1.29, 1.82) is 0 Å². The molecule has 3 aliphatic rings. The number of nitrogens with zero attached hydrogens (tertiary/aromatic N) is 1. The molecular formula is C24H29NO9. The highest BCUT2D eigenvalue weighted by Gasteiger charge is 2.77. The standard InChI is InChI=1S/C24H29NO9/c1-5-33-21(29)16-9-13-10-17(31-3)18(32-4)11-15(13)24-8-7-14(26)12-23(24,22(30)34-6-2)19(27)20(28)25(16)24/h10-11,16,19,27H,5-9,12H2,1-4H3/t16-,19+,23-,24+/m0/s1. The van der Waals surface area contributed by atoms with E-state index in [1.54, 1.807) is 26.0 Å². The summed E-state index contributed by atoms with van der Waals surface area (Å²) in [5.74, 6) is -1.81. The molecular weight excluding hydrogens is 446 g/mol. The van der Waals surface area contributed by atoms with Crippen molar-refractivity contribution < 1.29 is 43.2 Å². The Morgan fingerprint density at radius 2 is 1.74 bits per heavy atom. The fraction of sp³-hybridized carbons (Fsp3) is 0.583. The Labute approximate surface area is 197 Å². The minimum absolute atomic E-state index is 0.00808. The molecule has 1 N–H and O–H groups in total. The second kappa shape index (κ2) is 8.57. The van der Waals surface area contributed by atoms with Gasteiger partial charge in [0.05, 0.1) is 33.0 Å². The number of aliphatic hydroxyl groups is 1. The van der Waals surface area contributed by atoms with E-state index in [0.29, 0.717) is 22.6 Å². The molecule has 1 spiro atoms. The number of esters is 2. The van der Waals surface area contributed by atoms with Crippen molar-refractivity contribution in [1.82, 2.24) is 4.90 Å². The van der Waals surface area contributed by atoms with E-state index >= 15 is 0 Å². The molecule has 1 aliphatic carbocycles. The lowest BCUT2D eigenvalue weighted by Crippen LogP contribution is -2.65. The van der Waals surface area contributed by atoms with Gasteiger partial charge in [0.2, 0.25) is 0 Å². The SMILES string of the molecule is CCOC(=O)[C@@H]1Cc2cc(OC)c(OC)cc2[C@]23CCC(=O)C[C@@]2(C(=O)OCC)[C@H](O)C(=O)N13. The Hall–Kier alpha value is -3.14. The van der Waals surface area contributed by atoms with E-state index in [2.05, 4.69) is 0 Å². The number of ketones is 1. The average Bonchev–Trinajstić information content (AvgIpc) is 3.03. The highest BCUT2D eigenvalue weighted by Crippen LogP contribution is 2.64. The summed E-state index contributed by atoms with van der Waals surface area (Å²) in [5.41, 5.74) is -2.27. The summed E-state index contributed by atoms with van der Waals surface area (Å²) in [4.78, 5) is 54.2. The number of hydrogen-bond donors (Lipinski definition) is 1. The van der Waals surface area contributed by atoms with Gasteiger partial charge in [-0.1, -0.05) is 0 Å². The Bertz CT molecular complexity index is 1050. The first-order valence-corrected chi connectivity index (χ1v) is 11.4. The maximum Gasteiger partial charge on any atom is 0.329 e. The summed E-state index contributed by atoms with van der Waals surface area (Å²) in [6.45, 7) is 3.34. The summed E-state index contributed by atoms with van der Waals surface area (Å²) >= 11 is 0. The van der Waals surface area contributed by atoms with Crippen LogP contribution in [-0.2, 0) is 40.6 Å². The fourth-order valence-electron chi connectivity index (χ4n) is 6.02. The van der Waals surface area contributed by atoms with Gasteiger partial charge in [0.15, 0.2) is 17.6 Å². The minimum atomic E-state index is -1.92. The third-order valence-corrected chi connectivity index (χ3v) is 7.31. The average molecular weight is 475 g/mol. The maximum atomic E-state index is 13.6. The third kappa shape index (κ3) is 2.97. The van der Waals surface area contributed by atoms with Crippen molar-refractivity contribution >= 4 is 23.6 Å². The summed E-state index contributed by atoms with van der Waals surface area (Å²) in [6, 6.07) is 2.27. The van der Waals surface area contributed by atoms with Crippen LogP contribution in [0.3, 0.4) is 0 Å². The number of aliphatic hydroxyl groups excluding tert-OH is 1. The van der Waals surface area contributed by atoms with Gasteiger partial charge in [0, 0.05) is 19.3 Å². The van der Waals surface area contributed by atoms with Crippen molar-refractivity contribution in [3.05, 3.63) is 23.3 Å². The number of Topliss-reactive ketones (excluding diaryl/α,β-unsaturated/α-hetero) is 1. The van der Waals surface area contributed by atoms with Crippen molar-refractivity contribution in [3.8, 4) is 11.5 Å². The number of carbonyl (C=O) groups is 4. The van der Waals surface area contributed by atoms with Gasteiger partial charge in [-0.15, -0.1) is 0 Å². The van der Waals surface area contributed by atoms with Gasteiger partial charge in [0.25, 0.3) is 5.91 Å². The van der Waals surface area contributed by atoms with Crippen LogP contribution in [0.15, 0.2) is 12.1 Å². The summed E-state index contributed by atoms with van der Waals surface area (Å²) in [6.07, 6.45) is -2.08. The van der Waals surface area contributed by atoms with Crippen LogP contribution >= 0.6 is 0 Å². The number of methoxy groups -OCH3 is 2. The lowest BCUT2D eigenvalue weighted by atomic mass is 9.55. The summed E-state index contributed by atoms with van der Waals surface area (Å²) in [5, 5.41) is 11.3. The van der Waals surface area contributed by atoms with Crippen LogP contribution in [0.25, 0.3) is 0 Å². The van der Waals surface area contributed by atoms with E-state index in [-0.39, 0.29) is 38.3 Å². The van der Waals surface area contributed by atoms with E-state index in [0.717, 1.165) is 0 Å². The molecule has 0 aromatic heterocycles. The molecule has 2 aliphatic heterocycles. The molecule has 0 bridgehead atoms. The quantitative estimate of drug-likeness (QED) is 0.597. The number of rotatable bonds is 6. The molecule has 4 rings (SSSR count).